The van der Waals surface area contributed by atoms with E-state index in [0.717, 1.165) is 0 Å². The van der Waals surface area contributed by atoms with Crippen LogP contribution >= 0.6 is 0 Å². The smallest absolute Gasteiger partial charge is 0.353 e. The first kappa shape index (κ1) is 31.8. The van der Waals surface area contributed by atoms with E-state index in [1.807, 2.05) is 20.9 Å². The lowest BCUT2D eigenvalue weighted by atomic mass is 9.81. The lowest BCUT2D eigenvalue weighted by Crippen LogP contribution is -2.51. The lowest BCUT2D eigenvalue weighted by molar-refractivity contribution is -0.142. The molecule has 0 aliphatic heterocycles. The van der Waals surface area contributed by atoms with Crippen LogP contribution in [0.15, 0.2) is 47.4 Å². The number of hydrogen-bond acceptors (Lipinski definition) is 5. The van der Waals surface area contributed by atoms with Gasteiger partial charge >= 0.3 is 12.4 Å². The quantitative estimate of drug-likeness (QED) is 0.320. The third kappa shape index (κ3) is 7.25. The number of carbonyl (C=O) groups excluding carboxylic acids is 1. The fourth-order valence-electron chi connectivity index (χ4n) is 5.45. The van der Waals surface area contributed by atoms with Crippen LogP contribution in [-0.2, 0) is 33.4 Å². The van der Waals surface area contributed by atoms with E-state index in [0.29, 0.717) is 25.3 Å². The highest BCUT2D eigenvalue weighted by Crippen LogP contribution is 2.39. The Balaban J connectivity index is 1.56. The molecule has 2 N–H and O–H groups in total. The highest BCUT2D eigenvalue weighted by molar-refractivity contribution is 7.91. The van der Waals surface area contributed by atoms with Gasteiger partial charge in [-0.15, -0.1) is 0 Å². The van der Waals surface area contributed by atoms with Crippen LogP contribution in [-0.4, -0.2) is 60.1 Å². The second-order valence-electron chi connectivity index (χ2n) is 11.0. The summed E-state index contributed by atoms with van der Waals surface area (Å²) in [7, 11) is -1.74. The number of imidazole rings is 1. The van der Waals surface area contributed by atoms with Crippen LogP contribution in [0.5, 0.6) is 0 Å². The second kappa shape index (κ2) is 11.9. The Morgan fingerprint density at radius 1 is 1.07 bits per heavy atom. The third-order valence-electron chi connectivity index (χ3n) is 7.82. The summed E-state index contributed by atoms with van der Waals surface area (Å²) >= 11 is 0. The number of carbonyl (C=O) groups is 1. The third-order valence-corrected chi connectivity index (χ3v) is 9.68. The second-order valence-corrected chi connectivity index (χ2v) is 13.1. The van der Waals surface area contributed by atoms with Gasteiger partial charge in [0.1, 0.15) is 11.3 Å². The number of sulfone groups is 1. The van der Waals surface area contributed by atoms with E-state index in [1.54, 1.807) is 18.2 Å². The summed E-state index contributed by atoms with van der Waals surface area (Å²) in [4.78, 5) is 21.6. The minimum atomic E-state index is -5.10. The number of nitrogens with one attached hydrogen (secondary N) is 2. The van der Waals surface area contributed by atoms with E-state index >= 15 is 0 Å². The Labute approximate surface area is 239 Å². The van der Waals surface area contributed by atoms with Gasteiger partial charge in [-0.1, -0.05) is 18.2 Å². The molecule has 0 unspecified atom stereocenters. The Hall–Kier alpha value is -3.13. The summed E-state index contributed by atoms with van der Waals surface area (Å²) < 4.78 is 107. The molecule has 1 saturated carbocycles. The van der Waals surface area contributed by atoms with Crippen LogP contribution in [0.1, 0.15) is 50.1 Å². The van der Waals surface area contributed by atoms with Gasteiger partial charge in [-0.3, -0.25) is 4.79 Å². The molecule has 42 heavy (non-hydrogen) atoms. The zero-order valence-electron chi connectivity index (χ0n) is 23.2. The van der Waals surface area contributed by atoms with Gasteiger partial charge in [0.2, 0.25) is 5.91 Å². The average molecular weight is 619 g/mol. The zero-order chi connectivity index (χ0) is 31.0. The molecule has 1 aliphatic rings. The van der Waals surface area contributed by atoms with Gasteiger partial charge in [0.25, 0.3) is 0 Å². The predicted octanol–water partition coefficient (Wildman–Crippen LogP) is 5.61. The van der Waals surface area contributed by atoms with Crippen LogP contribution < -0.4 is 5.32 Å². The largest absolute Gasteiger partial charge is 0.418 e. The molecule has 230 valence electrons. The Bertz CT molecular complexity index is 1520. The first-order valence-corrected chi connectivity index (χ1v) is 15.1. The van der Waals surface area contributed by atoms with E-state index in [2.05, 4.69) is 20.2 Å². The van der Waals surface area contributed by atoms with Crippen LogP contribution in [0.3, 0.4) is 0 Å². The van der Waals surface area contributed by atoms with Gasteiger partial charge in [-0.05, 0) is 70.3 Å². The monoisotopic (exact) mass is 618 g/mol. The normalized spacial score (nSPS) is 20.4. The van der Waals surface area contributed by atoms with Crippen molar-refractivity contribution >= 4 is 26.8 Å². The van der Waals surface area contributed by atoms with E-state index in [1.165, 1.54) is 12.1 Å². The molecular weight excluding hydrogens is 586 g/mol. The van der Waals surface area contributed by atoms with Crippen molar-refractivity contribution in [3.8, 4) is 0 Å². The fraction of sp³-hybridized carbons (Fsp3) is 0.500. The van der Waals surface area contributed by atoms with Gasteiger partial charge in [0, 0.05) is 18.1 Å². The van der Waals surface area contributed by atoms with Crippen molar-refractivity contribution in [3.63, 3.8) is 0 Å². The standard InChI is InChI=1S/C28H32F6N4O3S/c1-16(2)38(3)19-9-10-22(17(11-19)15-42(40,41)20-7-5-4-6-8-20)36-25(39)14-24-35-23-13-18(27(29,30)31)12-21(26(23)37-24)28(32,33)34/h4-8,12-13,16-17,19,22H,9-11,14-15H2,1-3H3,(H,35,37)(H,36,39)/t17-,19+,22-/m0/s1. The Morgan fingerprint density at radius 3 is 2.33 bits per heavy atom. The van der Waals surface area contributed by atoms with Gasteiger partial charge in [0.15, 0.2) is 9.84 Å². The molecule has 0 saturated heterocycles. The number of halogens is 6. The van der Waals surface area contributed by atoms with Crippen molar-refractivity contribution < 1.29 is 39.6 Å². The van der Waals surface area contributed by atoms with Crippen LogP contribution in [0, 0.1) is 5.92 Å². The van der Waals surface area contributed by atoms with Crippen molar-refractivity contribution in [1.29, 1.82) is 0 Å². The minimum absolute atomic E-state index is 0.00256. The van der Waals surface area contributed by atoms with Crippen molar-refractivity contribution in [3.05, 3.63) is 59.4 Å². The molecule has 3 aromatic rings. The fourth-order valence-corrected chi connectivity index (χ4v) is 7.15. The summed E-state index contributed by atoms with van der Waals surface area (Å²) in [6, 6.07) is 8.22. The highest BCUT2D eigenvalue weighted by atomic mass is 32.2. The number of hydrogen-bond donors (Lipinski definition) is 2. The number of amides is 1. The van der Waals surface area contributed by atoms with Crippen LogP contribution in [0.4, 0.5) is 26.3 Å². The minimum Gasteiger partial charge on any atom is -0.353 e. The molecule has 1 aliphatic carbocycles. The van der Waals surface area contributed by atoms with Crippen molar-refractivity contribution in [2.45, 2.75) is 74.9 Å². The zero-order valence-corrected chi connectivity index (χ0v) is 24.0. The van der Waals surface area contributed by atoms with E-state index in [-0.39, 0.29) is 34.6 Å². The maximum Gasteiger partial charge on any atom is 0.418 e. The Morgan fingerprint density at radius 2 is 1.74 bits per heavy atom. The van der Waals surface area contributed by atoms with Gasteiger partial charge in [0.05, 0.1) is 33.7 Å². The molecule has 4 rings (SSSR count). The molecule has 1 aromatic heterocycles. The number of fused-ring (bicyclic) bond motifs is 1. The van der Waals surface area contributed by atoms with Crippen molar-refractivity contribution in [2.24, 2.45) is 5.92 Å². The number of alkyl halides is 6. The number of aromatic amines is 1. The summed E-state index contributed by atoms with van der Waals surface area (Å²) in [5.74, 6) is -1.55. The number of benzene rings is 2. The molecule has 0 bridgehead atoms. The predicted molar refractivity (Wildman–Crippen MR) is 144 cm³/mol. The molecule has 7 nitrogen and oxygen atoms in total. The molecule has 0 spiro atoms. The highest BCUT2D eigenvalue weighted by Gasteiger charge is 2.40. The molecule has 1 amide bonds. The number of nitrogens with zero attached hydrogens (tertiary/aromatic N) is 2. The molecule has 2 aromatic carbocycles. The number of H-pyrrole nitrogens is 1. The Kier molecular flexibility index (Phi) is 8.98. The maximum absolute atomic E-state index is 13.6. The summed E-state index contributed by atoms with van der Waals surface area (Å²) in [6.45, 7) is 4.05. The molecule has 3 atom stereocenters. The van der Waals surface area contributed by atoms with E-state index in [9.17, 15) is 39.6 Å². The molecule has 1 fully saturated rings. The SMILES string of the molecule is CC(C)N(C)[C@@H]1CC[C@H](NC(=O)Cc2nc3c(C(F)(F)F)cc(C(F)(F)F)cc3[nH]2)[C@H](CS(=O)(=O)c2ccccc2)C1. The maximum atomic E-state index is 13.6. The van der Waals surface area contributed by atoms with E-state index < -0.39 is 68.6 Å². The van der Waals surface area contributed by atoms with Crippen molar-refractivity contribution in [1.82, 2.24) is 20.2 Å². The number of aromatic nitrogens is 2. The van der Waals surface area contributed by atoms with Gasteiger partial charge < -0.3 is 15.2 Å². The lowest BCUT2D eigenvalue weighted by Gasteiger charge is -2.41. The van der Waals surface area contributed by atoms with Gasteiger partial charge in [-0.25, -0.2) is 13.4 Å². The van der Waals surface area contributed by atoms with Crippen LogP contribution in [0.25, 0.3) is 11.0 Å². The van der Waals surface area contributed by atoms with Crippen molar-refractivity contribution in [2.75, 3.05) is 12.8 Å². The number of rotatable bonds is 8. The summed E-state index contributed by atoms with van der Waals surface area (Å²) in [5, 5.41) is 2.82. The molecule has 14 heteroatoms. The average Bonchev–Trinajstić information content (AvgIpc) is 3.29. The summed E-state index contributed by atoms with van der Waals surface area (Å²) in [5.41, 5.74) is -4.27. The summed E-state index contributed by atoms with van der Waals surface area (Å²) in [6.07, 6.45) is -9.01. The first-order valence-electron chi connectivity index (χ1n) is 13.4. The molecular formula is C28H32F6N4O3S. The van der Waals surface area contributed by atoms with Gasteiger partial charge in [-0.2, -0.15) is 26.3 Å². The topological polar surface area (TPSA) is 95.2 Å². The molecule has 0 radical (unpaired) electrons. The van der Waals surface area contributed by atoms with Crippen LogP contribution in [0.2, 0.25) is 0 Å². The van der Waals surface area contributed by atoms with E-state index in [4.69, 9.17) is 0 Å². The first-order chi connectivity index (χ1) is 19.5. The molecule has 1 heterocycles.